The van der Waals surface area contributed by atoms with Crippen molar-refractivity contribution in [3.63, 3.8) is 0 Å². The van der Waals surface area contributed by atoms with Gasteiger partial charge in [-0.3, -0.25) is 19.3 Å². The molecule has 0 saturated carbocycles. The number of aryl methyl sites for hydroxylation is 1. The fraction of sp³-hybridized carbons (Fsp3) is 0.292. The molecule has 0 aromatic heterocycles. The molecular formula is C24H24ClNO6S. The lowest BCUT2D eigenvalue weighted by Crippen LogP contribution is -2.35. The van der Waals surface area contributed by atoms with Crippen LogP contribution in [0.4, 0.5) is 4.79 Å². The Hall–Kier alpha value is -2.97. The molecule has 0 bridgehead atoms. The van der Waals surface area contributed by atoms with Crippen LogP contribution in [0.25, 0.3) is 6.08 Å². The number of ether oxygens (including phenoxy) is 3. The second kappa shape index (κ2) is 10.8. The van der Waals surface area contributed by atoms with E-state index in [0.717, 1.165) is 27.8 Å². The van der Waals surface area contributed by atoms with Gasteiger partial charge in [-0.1, -0.05) is 41.4 Å². The van der Waals surface area contributed by atoms with Gasteiger partial charge in [0.2, 0.25) is 0 Å². The van der Waals surface area contributed by atoms with Crippen molar-refractivity contribution in [2.45, 2.75) is 33.5 Å². The molecule has 2 aromatic carbocycles. The van der Waals surface area contributed by atoms with Gasteiger partial charge >= 0.3 is 5.97 Å². The fourth-order valence-corrected chi connectivity index (χ4v) is 4.25. The third-order valence-corrected chi connectivity index (χ3v) is 5.73. The summed E-state index contributed by atoms with van der Waals surface area (Å²) < 4.78 is 16.3. The molecule has 1 saturated heterocycles. The highest BCUT2D eigenvalue weighted by atomic mass is 35.5. The van der Waals surface area contributed by atoms with Gasteiger partial charge in [0.05, 0.1) is 23.1 Å². The van der Waals surface area contributed by atoms with Crippen molar-refractivity contribution >= 4 is 46.6 Å². The Bertz CT molecular complexity index is 1110. The smallest absolute Gasteiger partial charge is 0.326 e. The Kier molecular flexibility index (Phi) is 8.05. The summed E-state index contributed by atoms with van der Waals surface area (Å²) in [6, 6.07) is 11.2. The Labute approximate surface area is 201 Å². The Morgan fingerprint density at radius 3 is 2.64 bits per heavy atom. The second-order valence-corrected chi connectivity index (χ2v) is 9.02. The lowest BCUT2D eigenvalue weighted by Gasteiger charge is -2.14. The zero-order chi connectivity index (χ0) is 24.1. The van der Waals surface area contributed by atoms with Crippen molar-refractivity contribution < 1.29 is 28.6 Å². The Morgan fingerprint density at radius 1 is 1.21 bits per heavy atom. The van der Waals surface area contributed by atoms with E-state index in [0.29, 0.717) is 28.7 Å². The Morgan fingerprint density at radius 2 is 1.97 bits per heavy atom. The van der Waals surface area contributed by atoms with Crippen molar-refractivity contribution in [3.05, 3.63) is 63.0 Å². The molecule has 0 radical (unpaired) electrons. The largest absolute Gasteiger partial charge is 0.493 e. The van der Waals surface area contributed by atoms with Crippen LogP contribution in [-0.2, 0) is 20.9 Å². The van der Waals surface area contributed by atoms with Crippen molar-refractivity contribution in [1.82, 2.24) is 4.90 Å². The number of methoxy groups -OCH3 is 1. The molecule has 0 spiro atoms. The third-order valence-electron chi connectivity index (χ3n) is 4.54. The number of hydrogen-bond acceptors (Lipinski definition) is 7. The van der Waals surface area contributed by atoms with Crippen LogP contribution in [0.1, 0.15) is 30.5 Å². The van der Waals surface area contributed by atoms with Crippen LogP contribution in [0.2, 0.25) is 5.02 Å². The fourth-order valence-electron chi connectivity index (χ4n) is 3.14. The molecule has 2 aromatic rings. The molecule has 174 valence electrons. The highest BCUT2D eigenvalue weighted by Gasteiger charge is 2.36. The molecule has 0 N–H and O–H groups in total. The van der Waals surface area contributed by atoms with Crippen molar-refractivity contribution in [2.75, 3.05) is 13.7 Å². The van der Waals surface area contributed by atoms with Gasteiger partial charge in [-0.05, 0) is 61.9 Å². The van der Waals surface area contributed by atoms with Gasteiger partial charge in [-0.2, -0.15) is 0 Å². The topological polar surface area (TPSA) is 82.1 Å². The van der Waals surface area contributed by atoms with E-state index >= 15 is 0 Å². The number of thioether (sulfide) groups is 1. The molecule has 1 heterocycles. The van der Waals surface area contributed by atoms with Gasteiger partial charge in [0.25, 0.3) is 11.1 Å². The van der Waals surface area contributed by atoms with E-state index in [-0.39, 0.29) is 11.0 Å². The first-order chi connectivity index (χ1) is 15.7. The number of benzene rings is 2. The molecule has 33 heavy (non-hydrogen) atoms. The zero-order valence-electron chi connectivity index (χ0n) is 18.7. The SMILES string of the molecule is COc1cc(/C=C2/SC(=O)N(CC(=O)OC(C)C)C2=O)cc(Cl)c1OCc1cccc(C)c1. The van der Waals surface area contributed by atoms with Gasteiger partial charge in [-0.15, -0.1) is 0 Å². The van der Waals surface area contributed by atoms with Crippen LogP contribution in [0.5, 0.6) is 11.5 Å². The van der Waals surface area contributed by atoms with Crippen LogP contribution in [0.15, 0.2) is 41.3 Å². The standard InChI is InChI=1S/C24H24ClNO6S/c1-14(2)32-21(27)12-26-23(28)20(33-24(26)29)11-17-9-18(25)22(19(10-17)30-4)31-13-16-7-5-6-15(3)8-16/h5-11,14H,12-13H2,1-4H3/b20-11+. The van der Waals surface area contributed by atoms with Crippen LogP contribution in [0, 0.1) is 6.92 Å². The average Bonchev–Trinajstić information content (AvgIpc) is 2.99. The number of hydrogen-bond donors (Lipinski definition) is 0. The summed E-state index contributed by atoms with van der Waals surface area (Å²) in [5.74, 6) is -0.447. The molecule has 1 fully saturated rings. The number of halogens is 1. The number of amides is 2. The third kappa shape index (κ3) is 6.30. The van der Waals surface area contributed by atoms with E-state index in [1.807, 2.05) is 31.2 Å². The van der Waals surface area contributed by atoms with Crippen molar-refractivity contribution in [2.24, 2.45) is 0 Å². The summed E-state index contributed by atoms with van der Waals surface area (Å²) in [6.07, 6.45) is 1.19. The van der Waals surface area contributed by atoms with Crippen LogP contribution >= 0.6 is 23.4 Å². The number of imide groups is 1. The highest BCUT2D eigenvalue weighted by molar-refractivity contribution is 8.18. The van der Waals surface area contributed by atoms with Crippen LogP contribution in [-0.4, -0.2) is 41.8 Å². The maximum absolute atomic E-state index is 12.7. The number of rotatable bonds is 8. The van der Waals surface area contributed by atoms with Crippen LogP contribution < -0.4 is 9.47 Å². The molecule has 0 unspecified atom stereocenters. The molecule has 0 aliphatic carbocycles. The number of carbonyl (C=O) groups excluding carboxylic acids is 3. The zero-order valence-corrected chi connectivity index (χ0v) is 20.3. The summed E-state index contributed by atoms with van der Waals surface area (Å²) in [6.45, 7) is 5.26. The van der Waals surface area contributed by atoms with Crippen LogP contribution in [0.3, 0.4) is 0 Å². The Balaban J connectivity index is 1.78. The van der Waals surface area contributed by atoms with E-state index < -0.39 is 23.7 Å². The second-order valence-electron chi connectivity index (χ2n) is 7.62. The lowest BCUT2D eigenvalue weighted by atomic mass is 10.1. The van der Waals surface area contributed by atoms with Gasteiger partial charge < -0.3 is 14.2 Å². The van der Waals surface area contributed by atoms with Gasteiger partial charge in [0, 0.05) is 0 Å². The summed E-state index contributed by atoms with van der Waals surface area (Å²) in [4.78, 5) is 37.8. The van der Waals surface area contributed by atoms with E-state index in [1.165, 1.54) is 13.2 Å². The van der Waals surface area contributed by atoms with E-state index in [1.54, 1.807) is 26.0 Å². The predicted octanol–water partition coefficient (Wildman–Crippen LogP) is 5.22. The summed E-state index contributed by atoms with van der Waals surface area (Å²) in [7, 11) is 1.49. The normalized spacial score (nSPS) is 14.8. The number of nitrogens with zero attached hydrogens (tertiary/aromatic N) is 1. The first kappa shape index (κ1) is 24.7. The predicted molar refractivity (Wildman–Crippen MR) is 127 cm³/mol. The minimum atomic E-state index is -0.645. The molecule has 1 aliphatic rings. The van der Waals surface area contributed by atoms with E-state index in [2.05, 4.69) is 0 Å². The monoisotopic (exact) mass is 489 g/mol. The first-order valence-corrected chi connectivity index (χ1v) is 11.4. The van der Waals surface area contributed by atoms with Gasteiger partial charge in [0.15, 0.2) is 11.5 Å². The van der Waals surface area contributed by atoms with E-state index in [9.17, 15) is 14.4 Å². The summed E-state index contributed by atoms with van der Waals surface area (Å²) in [5, 5.41) is -0.240. The maximum Gasteiger partial charge on any atom is 0.326 e. The molecule has 0 atom stereocenters. The minimum absolute atomic E-state index is 0.170. The summed E-state index contributed by atoms with van der Waals surface area (Å²) in [5.41, 5.74) is 2.66. The molecule has 2 amide bonds. The molecule has 1 aliphatic heterocycles. The molecule has 7 nitrogen and oxygen atoms in total. The first-order valence-electron chi connectivity index (χ1n) is 10.2. The quantitative estimate of drug-likeness (QED) is 0.371. The van der Waals surface area contributed by atoms with Gasteiger partial charge in [-0.25, -0.2) is 0 Å². The van der Waals surface area contributed by atoms with E-state index in [4.69, 9.17) is 25.8 Å². The van der Waals surface area contributed by atoms with Gasteiger partial charge in [0.1, 0.15) is 13.2 Å². The summed E-state index contributed by atoms with van der Waals surface area (Å²) >= 11 is 7.19. The average molecular weight is 490 g/mol. The molecular weight excluding hydrogens is 466 g/mol. The lowest BCUT2D eigenvalue weighted by molar-refractivity contribution is -0.149. The van der Waals surface area contributed by atoms with Crippen molar-refractivity contribution in [1.29, 1.82) is 0 Å². The highest BCUT2D eigenvalue weighted by Crippen LogP contribution is 2.39. The number of esters is 1. The molecule has 3 rings (SSSR count). The molecule has 9 heteroatoms. The maximum atomic E-state index is 12.7. The number of carbonyl (C=O) groups is 3. The van der Waals surface area contributed by atoms with Crippen molar-refractivity contribution in [3.8, 4) is 11.5 Å². The minimum Gasteiger partial charge on any atom is -0.493 e.